The Hall–Kier alpha value is -2.66. The van der Waals surface area contributed by atoms with E-state index in [0.717, 1.165) is 5.57 Å². The maximum atomic E-state index is 12.3. The molecular weight excluding hydrogens is 328 g/mol. The van der Waals surface area contributed by atoms with Crippen molar-refractivity contribution >= 4 is 34.0 Å². The summed E-state index contributed by atoms with van der Waals surface area (Å²) in [6, 6.07) is 4.90. The number of nitrogens with zero attached hydrogens (tertiary/aromatic N) is 1. The maximum absolute atomic E-state index is 12.3. The summed E-state index contributed by atoms with van der Waals surface area (Å²) < 4.78 is 0. The Balaban J connectivity index is 2.64. The topological polar surface area (TPSA) is 83.0 Å². The molecule has 0 amide bonds. The number of rotatable bonds is 5. The van der Waals surface area contributed by atoms with Crippen LogP contribution < -0.4 is 5.56 Å². The summed E-state index contributed by atoms with van der Waals surface area (Å²) in [5.41, 5.74) is 2.28. The van der Waals surface area contributed by atoms with Gasteiger partial charge in [0.1, 0.15) is 5.82 Å². The van der Waals surface area contributed by atoms with E-state index < -0.39 is 5.97 Å². The zero-order valence-corrected chi connectivity index (χ0v) is 14.1. The predicted octanol–water partition coefficient (Wildman–Crippen LogP) is 3.96. The van der Waals surface area contributed by atoms with Crippen LogP contribution in [-0.4, -0.2) is 21.0 Å². The SMILES string of the molecule is C=C/C(=C\C(=C(C)C)c1nc2ccc(Cl)cc2c(=O)[nH]1)CC(=O)O. The maximum Gasteiger partial charge on any atom is 0.307 e. The van der Waals surface area contributed by atoms with Gasteiger partial charge >= 0.3 is 5.97 Å². The van der Waals surface area contributed by atoms with Crippen LogP contribution in [0.5, 0.6) is 0 Å². The molecule has 0 spiro atoms. The van der Waals surface area contributed by atoms with E-state index in [2.05, 4.69) is 16.5 Å². The Labute approximate surface area is 144 Å². The van der Waals surface area contributed by atoms with Crippen molar-refractivity contribution in [2.45, 2.75) is 20.3 Å². The van der Waals surface area contributed by atoms with Gasteiger partial charge in [0.15, 0.2) is 0 Å². The minimum atomic E-state index is -0.955. The zero-order valence-electron chi connectivity index (χ0n) is 13.4. The molecule has 6 heteroatoms. The molecule has 0 unspecified atom stereocenters. The van der Waals surface area contributed by atoms with Crippen LogP contribution >= 0.6 is 11.6 Å². The molecule has 124 valence electrons. The quantitative estimate of drug-likeness (QED) is 0.804. The average molecular weight is 345 g/mol. The van der Waals surface area contributed by atoms with Crippen LogP contribution in [0.2, 0.25) is 5.02 Å². The summed E-state index contributed by atoms with van der Waals surface area (Å²) in [5, 5.41) is 9.82. The number of halogens is 1. The molecule has 2 rings (SSSR count). The fourth-order valence-electron chi connectivity index (χ4n) is 2.23. The highest BCUT2D eigenvalue weighted by Gasteiger charge is 2.10. The van der Waals surface area contributed by atoms with Gasteiger partial charge in [0.25, 0.3) is 5.56 Å². The molecule has 1 heterocycles. The number of aliphatic carboxylic acids is 1. The lowest BCUT2D eigenvalue weighted by Gasteiger charge is -2.08. The van der Waals surface area contributed by atoms with Crippen molar-refractivity contribution in [2.75, 3.05) is 0 Å². The van der Waals surface area contributed by atoms with Crippen molar-refractivity contribution in [2.24, 2.45) is 0 Å². The Kier molecular flexibility index (Phi) is 5.36. The van der Waals surface area contributed by atoms with E-state index in [1.54, 1.807) is 24.3 Å². The van der Waals surface area contributed by atoms with Crippen LogP contribution in [0.1, 0.15) is 26.1 Å². The van der Waals surface area contributed by atoms with Crippen LogP contribution in [0.4, 0.5) is 0 Å². The van der Waals surface area contributed by atoms with Crippen molar-refractivity contribution in [1.29, 1.82) is 0 Å². The number of benzene rings is 1. The highest BCUT2D eigenvalue weighted by atomic mass is 35.5. The molecular formula is C18H17ClN2O3. The number of nitrogens with one attached hydrogen (secondary N) is 1. The number of carboxylic acids is 1. The van der Waals surface area contributed by atoms with Crippen LogP contribution in [0.3, 0.4) is 0 Å². The highest BCUT2D eigenvalue weighted by molar-refractivity contribution is 6.31. The van der Waals surface area contributed by atoms with Gasteiger partial charge in [0.2, 0.25) is 0 Å². The summed E-state index contributed by atoms with van der Waals surface area (Å²) in [6.07, 6.45) is 3.00. The van der Waals surface area contributed by atoms with Gasteiger partial charge in [-0.2, -0.15) is 0 Å². The van der Waals surface area contributed by atoms with E-state index in [1.165, 1.54) is 6.08 Å². The number of carbonyl (C=O) groups is 1. The Bertz CT molecular complexity index is 935. The lowest BCUT2D eigenvalue weighted by Crippen LogP contribution is -2.11. The number of allylic oxidation sites excluding steroid dienone is 4. The summed E-state index contributed by atoms with van der Waals surface area (Å²) in [4.78, 5) is 30.4. The molecule has 1 aromatic carbocycles. The second-order valence-corrected chi connectivity index (χ2v) is 5.92. The average Bonchev–Trinajstić information content (AvgIpc) is 2.51. The number of hydrogen-bond donors (Lipinski definition) is 2. The van der Waals surface area contributed by atoms with Gasteiger partial charge < -0.3 is 10.1 Å². The van der Waals surface area contributed by atoms with Crippen LogP contribution in [-0.2, 0) is 4.79 Å². The largest absolute Gasteiger partial charge is 0.481 e. The molecule has 0 aliphatic rings. The third-order valence-electron chi connectivity index (χ3n) is 3.41. The van der Waals surface area contributed by atoms with Crippen molar-refractivity contribution in [3.05, 3.63) is 69.3 Å². The lowest BCUT2D eigenvalue weighted by atomic mass is 10.0. The first-order chi connectivity index (χ1) is 11.3. The molecule has 0 fully saturated rings. The number of hydrogen-bond acceptors (Lipinski definition) is 3. The monoisotopic (exact) mass is 344 g/mol. The molecule has 0 atom stereocenters. The molecule has 2 N–H and O–H groups in total. The molecule has 2 aromatic rings. The first-order valence-corrected chi connectivity index (χ1v) is 7.62. The summed E-state index contributed by atoms with van der Waals surface area (Å²) >= 11 is 5.91. The van der Waals surface area contributed by atoms with Gasteiger partial charge in [-0.05, 0) is 43.7 Å². The predicted molar refractivity (Wildman–Crippen MR) is 96.2 cm³/mol. The molecule has 0 saturated heterocycles. The van der Waals surface area contributed by atoms with E-state index in [0.29, 0.717) is 32.9 Å². The smallest absolute Gasteiger partial charge is 0.307 e. The minimum absolute atomic E-state index is 0.159. The van der Waals surface area contributed by atoms with Gasteiger partial charge in [-0.3, -0.25) is 9.59 Å². The molecule has 24 heavy (non-hydrogen) atoms. The molecule has 5 nitrogen and oxygen atoms in total. The van der Waals surface area contributed by atoms with Gasteiger partial charge in [-0.25, -0.2) is 4.98 Å². The van der Waals surface area contributed by atoms with Gasteiger partial charge in [-0.15, -0.1) is 0 Å². The van der Waals surface area contributed by atoms with E-state index in [1.807, 2.05) is 13.8 Å². The van der Waals surface area contributed by atoms with Gasteiger partial charge in [0.05, 0.1) is 17.3 Å². The summed E-state index contributed by atoms with van der Waals surface area (Å²) in [6.45, 7) is 7.36. The lowest BCUT2D eigenvalue weighted by molar-refractivity contribution is -0.136. The first kappa shape index (κ1) is 17.7. The number of aromatic amines is 1. The Morgan fingerprint density at radius 3 is 2.71 bits per heavy atom. The molecule has 0 aliphatic carbocycles. The van der Waals surface area contributed by atoms with E-state index in [9.17, 15) is 9.59 Å². The highest BCUT2D eigenvalue weighted by Crippen LogP contribution is 2.22. The van der Waals surface area contributed by atoms with Gasteiger partial charge in [0, 0.05) is 10.6 Å². The molecule has 1 aromatic heterocycles. The fraction of sp³-hybridized carbons (Fsp3) is 0.167. The van der Waals surface area contributed by atoms with E-state index in [-0.39, 0.29) is 12.0 Å². The van der Waals surface area contributed by atoms with Crippen molar-refractivity contribution in [1.82, 2.24) is 9.97 Å². The van der Waals surface area contributed by atoms with E-state index in [4.69, 9.17) is 16.7 Å². The minimum Gasteiger partial charge on any atom is -0.481 e. The molecule has 0 aliphatic heterocycles. The second-order valence-electron chi connectivity index (χ2n) is 5.48. The molecule has 0 saturated carbocycles. The Morgan fingerprint density at radius 2 is 2.12 bits per heavy atom. The van der Waals surface area contributed by atoms with Crippen molar-refractivity contribution < 1.29 is 9.90 Å². The van der Waals surface area contributed by atoms with Crippen molar-refractivity contribution in [3.8, 4) is 0 Å². The van der Waals surface area contributed by atoms with Crippen LogP contribution in [0.15, 0.2) is 52.9 Å². The summed E-state index contributed by atoms with van der Waals surface area (Å²) in [5.74, 6) is -0.580. The summed E-state index contributed by atoms with van der Waals surface area (Å²) in [7, 11) is 0. The number of fused-ring (bicyclic) bond motifs is 1. The normalized spacial score (nSPS) is 11.4. The zero-order chi connectivity index (χ0) is 17.9. The number of H-pyrrole nitrogens is 1. The first-order valence-electron chi connectivity index (χ1n) is 7.24. The van der Waals surface area contributed by atoms with Crippen LogP contribution in [0, 0.1) is 0 Å². The third-order valence-corrected chi connectivity index (χ3v) is 3.64. The van der Waals surface area contributed by atoms with Crippen LogP contribution in [0.25, 0.3) is 16.5 Å². The number of carboxylic acid groups (broad SMARTS) is 1. The number of aromatic nitrogens is 2. The van der Waals surface area contributed by atoms with Crippen molar-refractivity contribution in [3.63, 3.8) is 0 Å². The second kappa shape index (κ2) is 7.27. The van der Waals surface area contributed by atoms with Gasteiger partial charge in [-0.1, -0.05) is 29.8 Å². The Morgan fingerprint density at radius 1 is 1.42 bits per heavy atom. The van der Waals surface area contributed by atoms with E-state index >= 15 is 0 Å². The molecule has 0 radical (unpaired) electrons. The standard InChI is InChI=1S/C18H17ClN2O3/c1-4-11(8-16(22)23)7-13(10(2)3)17-20-15-6-5-12(19)9-14(15)18(24)21-17/h4-7,9H,1,8H2,2-3H3,(H,22,23)(H,20,21,24)/b11-7+. The fourth-order valence-corrected chi connectivity index (χ4v) is 2.40. The molecule has 0 bridgehead atoms. The third kappa shape index (κ3) is 4.00.